The monoisotopic (exact) mass is 351 g/mol. The van der Waals surface area contributed by atoms with Crippen molar-refractivity contribution in [1.82, 2.24) is 15.2 Å². The van der Waals surface area contributed by atoms with E-state index in [4.69, 9.17) is 4.74 Å². The molecule has 5 heteroatoms. The van der Waals surface area contributed by atoms with Gasteiger partial charge in [-0.05, 0) is 43.0 Å². The molecule has 0 spiro atoms. The van der Waals surface area contributed by atoms with Crippen LogP contribution < -0.4 is 10.1 Å². The van der Waals surface area contributed by atoms with E-state index in [2.05, 4.69) is 22.4 Å². The quantitative estimate of drug-likeness (QED) is 0.920. The Bertz CT molecular complexity index is 742. The van der Waals surface area contributed by atoms with Crippen LogP contribution in [0.3, 0.4) is 0 Å². The molecule has 3 heterocycles. The highest BCUT2D eigenvalue weighted by Crippen LogP contribution is 2.26. The first-order valence-electron chi connectivity index (χ1n) is 9.44. The third-order valence-corrected chi connectivity index (χ3v) is 5.32. The molecule has 2 aliphatic rings. The van der Waals surface area contributed by atoms with Gasteiger partial charge >= 0.3 is 0 Å². The van der Waals surface area contributed by atoms with Gasteiger partial charge in [0, 0.05) is 37.8 Å². The third kappa shape index (κ3) is 3.88. The van der Waals surface area contributed by atoms with E-state index in [0.29, 0.717) is 17.7 Å². The lowest BCUT2D eigenvalue weighted by Gasteiger charge is -2.33. The van der Waals surface area contributed by atoms with E-state index in [1.165, 1.54) is 5.56 Å². The molecular formula is C21H25N3O2. The number of carbonyl (C=O) groups excluding carboxylic acids is 1. The van der Waals surface area contributed by atoms with Crippen LogP contribution in [0.4, 0.5) is 0 Å². The molecule has 2 aliphatic heterocycles. The van der Waals surface area contributed by atoms with Gasteiger partial charge in [0.15, 0.2) is 0 Å². The summed E-state index contributed by atoms with van der Waals surface area (Å²) in [6, 6.07) is 14.3. The van der Waals surface area contributed by atoms with E-state index in [-0.39, 0.29) is 5.91 Å². The topological polar surface area (TPSA) is 54.5 Å². The van der Waals surface area contributed by atoms with Crippen molar-refractivity contribution in [3.8, 4) is 5.75 Å². The lowest BCUT2D eigenvalue weighted by molar-refractivity contribution is 0.0696. The average Bonchev–Trinajstić information content (AvgIpc) is 2.72. The van der Waals surface area contributed by atoms with Crippen LogP contribution in [0.25, 0.3) is 0 Å². The molecule has 0 unspecified atom stereocenters. The van der Waals surface area contributed by atoms with Gasteiger partial charge in [-0.2, -0.15) is 0 Å². The molecule has 1 aromatic heterocycles. The van der Waals surface area contributed by atoms with Crippen LogP contribution in [0, 0.1) is 5.92 Å². The third-order valence-electron chi connectivity index (χ3n) is 5.32. The molecule has 26 heavy (non-hydrogen) atoms. The number of nitrogens with one attached hydrogen (secondary N) is 1. The van der Waals surface area contributed by atoms with E-state index in [0.717, 1.165) is 51.3 Å². The van der Waals surface area contributed by atoms with Crippen LogP contribution in [0.5, 0.6) is 5.75 Å². The molecule has 1 fully saturated rings. The number of amides is 1. The van der Waals surface area contributed by atoms with Crippen LogP contribution in [0.15, 0.2) is 48.7 Å². The maximum atomic E-state index is 12.5. The Balaban J connectivity index is 1.23. The van der Waals surface area contributed by atoms with Gasteiger partial charge in [0.2, 0.25) is 0 Å². The highest BCUT2D eigenvalue weighted by atomic mass is 16.5. The number of rotatable bonds is 4. The highest BCUT2D eigenvalue weighted by molar-refractivity contribution is 5.92. The van der Waals surface area contributed by atoms with Gasteiger partial charge in [0.05, 0.1) is 6.61 Å². The van der Waals surface area contributed by atoms with Crippen molar-refractivity contribution in [2.75, 3.05) is 26.2 Å². The van der Waals surface area contributed by atoms with E-state index < -0.39 is 0 Å². The maximum absolute atomic E-state index is 12.5. The SMILES string of the molecule is O=C(c1ccccn1)N1CCC(NC[C@H]2COc3ccccc3C2)CC1. The van der Waals surface area contributed by atoms with Crippen LogP contribution in [0.1, 0.15) is 28.9 Å². The summed E-state index contributed by atoms with van der Waals surface area (Å²) in [4.78, 5) is 18.5. The average molecular weight is 351 g/mol. The van der Waals surface area contributed by atoms with Crippen molar-refractivity contribution in [2.45, 2.75) is 25.3 Å². The smallest absolute Gasteiger partial charge is 0.272 e. The standard InChI is InChI=1S/C21H25N3O2/c25-21(19-6-3-4-10-22-19)24-11-8-18(9-12-24)23-14-16-13-17-5-1-2-7-20(17)26-15-16/h1-7,10,16,18,23H,8-9,11-15H2/t16-/m0/s1. The number of para-hydroxylation sites is 1. The van der Waals surface area contributed by atoms with Crippen molar-refractivity contribution in [2.24, 2.45) is 5.92 Å². The minimum absolute atomic E-state index is 0.0429. The molecule has 136 valence electrons. The van der Waals surface area contributed by atoms with Gasteiger partial charge in [-0.15, -0.1) is 0 Å². The van der Waals surface area contributed by atoms with Crippen LogP contribution >= 0.6 is 0 Å². The zero-order valence-corrected chi connectivity index (χ0v) is 14.9. The number of carbonyl (C=O) groups is 1. The summed E-state index contributed by atoms with van der Waals surface area (Å²) in [5.74, 6) is 1.59. The molecule has 1 N–H and O–H groups in total. The fraction of sp³-hybridized carbons (Fsp3) is 0.429. The van der Waals surface area contributed by atoms with E-state index in [1.54, 1.807) is 12.3 Å². The van der Waals surface area contributed by atoms with Gasteiger partial charge < -0.3 is 15.0 Å². The highest BCUT2D eigenvalue weighted by Gasteiger charge is 2.25. The van der Waals surface area contributed by atoms with E-state index in [1.807, 2.05) is 29.2 Å². The molecule has 2 aromatic rings. The summed E-state index contributed by atoms with van der Waals surface area (Å²) in [5.41, 5.74) is 1.85. The minimum Gasteiger partial charge on any atom is -0.493 e. The summed E-state index contributed by atoms with van der Waals surface area (Å²) in [6.07, 6.45) is 4.72. The predicted octanol–water partition coefficient (Wildman–Crippen LogP) is 2.53. The molecule has 0 radical (unpaired) electrons. The summed E-state index contributed by atoms with van der Waals surface area (Å²) >= 11 is 0. The summed E-state index contributed by atoms with van der Waals surface area (Å²) in [5, 5.41) is 3.69. The minimum atomic E-state index is 0.0429. The Morgan fingerprint density at radius 3 is 2.77 bits per heavy atom. The molecule has 1 amide bonds. The Hall–Kier alpha value is -2.40. The van der Waals surface area contributed by atoms with Crippen LogP contribution in [-0.2, 0) is 6.42 Å². The molecule has 0 saturated carbocycles. The number of benzene rings is 1. The Labute approximate surface area is 154 Å². The molecule has 5 nitrogen and oxygen atoms in total. The fourth-order valence-corrected chi connectivity index (χ4v) is 3.79. The molecular weight excluding hydrogens is 326 g/mol. The number of piperidine rings is 1. The predicted molar refractivity (Wildman–Crippen MR) is 100 cm³/mol. The molecule has 4 rings (SSSR count). The van der Waals surface area contributed by atoms with Crippen LogP contribution in [0.2, 0.25) is 0 Å². The van der Waals surface area contributed by atoms with Gasteiger partial charge in [0.25, 0.3) is 5.91 Å². The zero-order valence-electron chi connectivity index (χ0n) is 14.9. The van der Waals surface area contributed by atoms with Gasteiger partial charge in [0.1, 0.15) is 11.4 Å². The number of aromatic nitrogens is 1. The van der Waals surface area contributed by atoms with Crippen molar-refractivity contribution >= 4 is 5.91 Å². The molecule has 1 saturated heterocycles. The zero-order chi connectivity index (χ0) is 17.8. The van der Waals surface area contributed by atoms with Crippen molar-refractivity contribution in [3.63, 3.8) is 0 Å². The van der Waals surface area contributed by atoms with Gasteiger partial charge in [-0.3, -0.25) is 9.78 Å². The van der Waals surface area contributed by atoms with Crippen LogP contribution in [-0.4, -0.2) is 48.1 Å². The number of hydrogen-bond donors (Lipinski definition) is 1. The van der Waals surface area contributed by atoms with Gasteiger partial charge in [-0.25, -0.2) is 0 Å². The maximum Gasteiger partial charge on any atom is 0.272 e. The first-order chi connectivity index (χ1) is 12.8. The van der Waals surface area contributed by atoms with E-state index in [9.17, 15) is 4.79 Å². The number of likely N-dealkylation sites (tertiary alicyclic amines) is 1. The summed E-state index contributed by atoms with van der Waals surface area (Å²) in [7, 11) is 0. The Kier molecular flexibility index (Phi) is 5.16. The number of nitrogens with zero attached hydrogens (tertiary/aromatic N) is 2. The Morgan fingerprint density at radius 1 is 1.15 bits per heavy atom. The second-order valence-electron chi connectivity index (χ2n) is 7.18. The van der Waals surface area contributed by atoms with Crippen molar-refractivity contribution in [1.29, 1.82) is 0 Å². The van der Waals surface area contributed by atoms with E-state index >= 15 is 0 Å². The normalized spacial score (nSPS) is 20.3. The fourth-order valence-electron chi connectivity index (χ4n) is 3.79. The molecule has 1 aromatic carbocycles. The number of fused-ring (bicyclic) bond motifs is 1. The summed E-state index contributed by atoms with van der Waals surface area (Å²) < 4.78 is 5.87. The Morgan fingerprint density at radius 2 is 1.96 bits per heavy atom. The first-order valence-corrected chi connectivity index (χ1v) is 9.44. The lowest BCUT2D eigenvalue weighted by atomic mass is 9.95. The largest absolute Gasteiger partial charge is 0.493 e. The second-order valence-corrected chi connectivity index (χ2v) is 7.18. The number of hydrogen-bond acceptors (Lipinski definition) is 4. The van der Waals surface area contributed by atoms with Gasteiger partial charge in [-0.1, -0.05) is 24.3 Å². The molecule has 0 aliphatic carbocycles. The number of ether oxygens (including phenoxy) is 1. The number of pyridine rings is 1. The lowest BCUT2D eigenvalue weighted by Crippen LogP contribution is -2.46. The molecule has 0 bridgehead atoms. The van der Waals surface area contributed by atoms with Crippen molar-refractivity contribution in [3.05, 3.63) is 59.9 Å². The van der Waals surface area contributed by atoms with Crippen molar-refractivity contribution < 1.29 is 9.53 Å². The molecule has 1 atom stereocenters. The first kappa shape index (κ1) is 17.0. The second kappa shape index (κ2) is 7.87. The summed E-state index contributed by atoms with van der Waals surface area (Å²) in [6.45, 7) is 3.32.